The number of benzene rings is 1. The van der Waals surface area contributed by atoms with Gasteiger partial charge in [-0.15, -0.1) is 0 Å². The molecule has 1 saturated heterocycles. The summed E-state index contributed by atoms with van der Waals surface area (Å²) >= 11 is 0. The van der Waals surface area contributed by atoms with Crippen molar-refractivity contribution in [2.45, 2.75) is 49.9 Å². The maximum Gasteiger partial charge on any atom is 0.418 e. The molecule has 1 fully saturated rings. The monoisotopic (exact) mass is 314 g/mol. The molecule has 3 rings (SSSR count). The largest absolute Gasteiger partial charge is 0.418 e. The Balaban J connectivity index is 1.91. The van der Waals surface area contributed by atoms with Gasteiger partial charge in [0.2, 0.25) is 0 Å². The number of aliphatic hydroxyl groups excluding tert-OH is 1. The van der Waals surface area contributed by atoms with E-state index >= 15 is 0 Å². The van der Waals surface area contributed by atoms with Gasteiger partial charge in [0, 0.05) is 24.2 Å². The molecule has 1 aromatic carbocycles. The third-order valence-electron chi connectivity index (χ3n) is 4.73. The molecule has 0 unspecified atom stereocenters. The van der Waals surface area contributed by atoms with Gasteiger partial charge in [-0.05, 0) is 37.4 Å². The van der Waals surface area contributed by atoms with Crippen LogP contribution in [0.25, 0.3) is 0 Å². The van der Waals surface area contributed by atoms with E-state index in [0.29, 0.717) is 18.5 Å². The van der Waals surface area contributed by atoms with E-state index < -0.39 is 17.8 Å². The van der Waals surface area contributed by atoms with Gasteiger partial charge in [-0.1, -0.05) is 18.6 Å². The summed E-state index contributed by atoms with van der Waals surface area (Å²) in [7, 11) is 0. The van der Waals surface area contributed by atoms with Crippen molar-refractivity contribution >= 4 is 5.69 Å². The second-order valence-corrected chi connectivity index (χ2v) is 6.14. The molecular formula is C16H21F3N2O. The molecule has 2 aliphatic heterocycles. The van der Waals surface area contributed by atoms with E-state index in [2.05, 4.69) is 10.6 Å². The topological polar surface area (TPSA) is 44.3 Å². The molecule has 2 heterocycles. The first-order valence-electron chi connectivity index (χ1n) is 7.84. The fourth-order valence-corrected chi connectivity index (χ4v) is 3.63. The molecule has 1 aromatic rings. The summed E-state index contributed by atoms with van der Waals surface area (Å²) in [5, 5.41) is 16.8. The summed E-state index contributed by atoms with van der Waals surface area (Å²) in [5.74, 6) is -0.255. The van der Waals surface area contributed by atoms with E-state index in [1.165, 1.54) is 6.07 Å². The minimum atomic E-state index is -4.38. The fourth-order valence-electron chi connectivity index (χ4n) is 3.63. The number of halogens is 3. The molecule has 22 heavy (non-hydrogen) atoms. The van der Waals surface area contributed by atoms with Crippen LogP contribution in [0.3, 0.4) is 0 Å². The Morgan fingerprint density at radius 3 is 2.64 bits per heavy atom. The van der Waals surface area contributed by atoms with Crippen LogP contribution in [-0.4, -0.2) is 30.3 Å². The van der Waals surface area contributed by atoms with Crippen molar-refractivity contribution in [3.8, 4) is 0 Å². The Bertz CT molecular complexity index is 527. The van der Waals surface area contributed by atoms with Crippen LogP contribution in [0.15, 0.2) is 18.2 Å². The van der Waals surface area contributed by atoms with Crippen LogP contribution >= 0.6 is 0 Å². The number of fused-ring (bicyclic) bond motifs is 1. The summed E-state index contributed by atoms with van der Waals surface area (Å²) in [5.41, 5.74) is 0.0839. The Morgan fingerprint density at radius 1 is 1.14 bits per heavy atom. The Hall–Kier alpha value is -1.27. The van der Waals surface area contributed by atoms with Crippen LogP contribution in [0.1, 0.15) is 42.7 Å². The Labute approximate surface area is 127 Å². The number of nitrogens with one attached hydrogen (secondary N) is 2. The zero-order valence-corrected chi connectivity index (χ0v) is 12.3. The molecule has 0 saturated carbocycles. The van der Waals surface area contributed by atoms with Gasteiger partial charge in [0.15, 0.2) is 0 Å². The third-order valence-corrected chi connectivity index (χ3v) is 4.73. The van der Waals surface area contributed by atoms with Gasteiger partial charge in [0.1, 0.15) is 0 Å². The fraction of sp³-hybridized carbons (Fsp3) is 0.625. The second-order valence-electron chi connectivity index (χ2n) is 6.14. The molecular weight excluding hydrogens is 293 g/mol. The van der Waals surface area contributed by atoms with Crippen molar-refractivity contribution in [1.82, 2.24) is 5.32 Å². The first-order valence-corrected chi connectivity index (χ1v) is 7.84. The quantitative estimate of drug-likeness (QED) is 0.786. The highest BCUT2D eigenvalue weighted by Crippen LogP contribution is 2.43. The predicted molar refractivity (Wildman–Crippen MR) is 78.9 cm³/mol. The summed E-state index contributed by atoms with van der Waals surface area (Å²) < 4.78 is 39.4. The molecule has 0 aliphatic carbocycles. The number of hydrogen-bond donors (Lipinski definition) is 3. The van der Waals surface area contributed by atoms with E-state index in [-0.39, 0.29) is 17.6 Å². The van der Waals surface area contributed by atoms with Crippen molar-refractivity contribution in [1.29, 1.82) is 0 Å². The summed E-state index contributed by atoms with van der Waals surface area (Å²) in [6.45, 7) is 1.32. The van der Waals surface area contributed by atoms with Crippen LogP contribution in [0, 0.1) is 0 Å². The number of rotatable bonds is 2. The average molecular weight is 314 g/mol. The van der Waals surface area contributed by atoms with Gasteiger partial charge in [-0.25, -0.2) is 0 Å². The summed E-state index contributed by atoms with van der Waals surface area (Å²) in [6, 6.07) is 4.20. The third kappa shape index (κ3) is 2.94. The van der Waals surface area contributed by atoms with Crippen molar-refractivity contribution in [2.75, 3.05) is 18.4 Å². The lowest BCUT2D eigenvalue weighted by Gasteiger charge is -2.37. The van der Waals surface area contributed by atoms with Crippen LogP contribution < -0.4 is 10.6 Å². The molecule has 6 heteroatoms. The first-order chi connectivity index (χ1) is 10.5. The van der Waals surface area contributed by atoms with Crippen molar-refractivity contribution in [3.63, 3.8) is 0 Å². The van der Waals surface area contributed by atoms with E-state index in [1.807, 2.05) is 0 Å². The molecule has 122 valence electrons. The number of para-hydroxylation sites is 1. The average Bonchev–Trinajstić information content (AvgIpc) is 2.53. The Kier molecular flexibility index (Phi) is 4.32. The molecule has 0 radical (unpaired) electrons. The second kappa shape index (κ2) is 6.08. The number of hydrogen-bond acceptors (Lipinski definition) is 3. The number of aliphatic hydroxyl groups is 1. The smallest absolute Gasteiger partial charge is 0.391 e. The molecule has 3 nitrogen and oxygen atoms in total. The highest BCUT2D eigenvalue weighted by molar-refractivity contribution is 5.62. The SMILES string of the molecule is O[C@H]([C@@H]1CCCCN1)[C@H]1CCNc2c1cccc2C(F)(F)F. The molecule has 0 bridgehead atoms. The van der Waals surface area contributed by atoms with E-state index in [9.17, 15) is 18.3 Å². The van der Waals surface area contributed by atoms with Crippen LogP contribution in [0.2, 0.25) is 0 Å². The summed E-state index contributed by atoms with van der Waals surface area (Å²) in [6.07, 6.45) is -1.37. The van der Waals surface area contributed by atoms with Gasteiger partial charge in [-0.2, -0.15) is 13.2 Å². The highest BCUT2D eigenvalue weighted by atomic mass is 19.4. The Morgan fingerprint density at radius 2 is 1.95 bits per heavy atom. The van der Waals surface area contributed by atoms with Gasteiger partial charge in [0.05, 0.1) is 11.7 Å². The van der Waals surface area contributed by atoms with Crippen LogP contribution in [-0.2, 0) is 6.18 Å². The van der Waals surface area contributed by atoms with Gasteiger partial charge in [-0.3, -0.25) is 0 Å². The van der Waals surface area contributed by atoms with E-state index in [0.717, 1.165) is 31.9 Å². The van der Waals surface area contributed by atoms with Gasteiger partial charge >= 0.3 is 6.18 Å². The normalized spacial score (nSPS) is 26.9. The number of anilines is 1. The minimum Gasteiger partial charge on any atom is -0.391 e. The maximum atomic E-state index is 13.1. The van der Waals surface area contributed by atoms with Crippen molar-refractivity contribution < 1.29 is 18.3 Å². The zero-order valence-electron chi connectivity index (χ0n) is 12.3. The minimum absolute atomic E-state index is 0.0285. The predicted octanol–water partition coefficient (Wildman–Crippen LogP) is 3.11. The van der Waals surface area contributed by atoms with E-state index in [1.54, 1.807) is 6.07 Å². The number of alkyl halides is 3. The molecule has 0 amide bonds. The first kappa shape index (κ1) is 15.6. The van der Waals surface area contributed by atoms with Gasteiger partial charge in [0.25, 0.3) is 0 Å². The van der Waals surface area contributed by atoms with Crippen molar-refractivity contribution in [3.05, 3.63) is 29.3 Å². The lowest BCUT2D eigenvalue weighted by molar-refractivity contribution is -0.137. The lowest BCUT2D eigenvalue weighted by atomic mass is 9.80. The van der Waals surface area contributed by atoms with Crippen molar-refractivity contribution in [2.24, 2.45) is 0 Å². The maximum absolute atomic E-state index is 13.1. The van der Waals surface area contributed by atoms with Crippen LogP contribution in [0.5, 0.6) is 0 Å². The highest BCUT2D eigenvalue weighted by Gasteiger charge is 2.39. The van der Waals surface area contributed by atoms with Crippen LogP contribution in [0.4, 0.5) is 18.9 Å². The lowest BCUT2D eigenvalue weighted by Crippen LogP contribution is -2.46. The standard InChI is InChI=1S/C16H21F3N2O/c17-16(18,19)12-5-3-4-10-11(7-9-21-14(10)12)15(22)13-6-1-2-8-20-13/h3-5,11,13,15,20-22H,1-2,6-9H2/t11-,13-,15-/m0/s1. The van der Waals surface area contributed by atoms with E-state index in [4.69, 9.17) is 0 Å². The molecule has 3 atom stereocenters. The molecule has 0 spiro atoms. The zero-order chi connectivity index (χ0) is 15.7. The molecule has 2 aliphatic rings. The van der Waals surface area contributed by atoms with Gasteiger partial charge < -0.3 is 15.7 Å². The molecule has 0 aromatic heterocycles. The summed E-state index contributed by atoms with van der Waals surface area (Å²) in [4.78, 5) is 0. The molecule has 3 N–H and O–H groups in total. The number of piperidine rings is 1.